The van der Waals surface area contributed by atoms with Crippen LogP contribution in [0.3, 0.4) is 0 Å². The number of carbonyl (C=O) groups is 3. The Morgan fingerprint density at radius 3 is 2.62 bits per heavy atom. The number of benzene rings is 1. The minimum atomic E-state index is -0.513. The smallest absolute Gasteiger partial charge is 0.410 e. The number of hydrogen-bond donors (Lipinski definition) is 0. The molecule has 172 valence electrons. The average molecular weight is 481 g/mol. The second-order valence-corrected chi connectivity index (χ2v) is 9.76. The van der Waals surface area contributed by atoms with Crippen LogP contribution >= 0.6 is 23.5 Å². The third kappa shape index (κ3) is 7.72. The highest BCUT2D eigenvalue weighted by atomic mass is 32.2. The first-order valence-corrected chi connectivity index (χ1v) is 11.8. The van der Waals surface area contributed by atoms with E-state index in [-0.39, 0.29) is 41.0 Å². The van der Waals surface area contributed by atoms with Crippen molar-refractivity contribution in [1.29, 1.82) is 5.26 Å². The lowest BCUT2D eigenvalue weighted by Crippen LogP contribution is -2.37. The van der Waals surface area contributed by atoms with Gasteiger partial charge in [-0.2, -0.15) is 17.0 Å². The van der Waals surface area contributed by atoms with Gasteiger partial charge in [-0.25, -0.2) is 4.79 Å². The fourth-order valence-corrected chi connectivity index (χ4v) is 5.22. The molecule has 1 aliphatic heterocycles. The lowest BCUT2D eigenvalue weighted by molar-refractivity contribution is -0.384. The molecule has 0 saturated carbocycles. The van der Waals surface area contributed by atoms with Crippen molar-refractivity contribution >= 4 is 46.3 Å². The van der Waals surface area contributed by atoms with Crippen molar-refractivity contribution in [2.45, 2.75) is 37.7 Å². The second-order valence-electron chi connectivity index (χ2n) is 7.13. The summed E-state index contributed by atoms with van der Waals surface area (Å²) in [5.74, 6) is 0.818. The van der Waals surface area contributed by atoms with Crippen molar-refractivity contribution < 1.29 is 24.0 Å². The Hall–Kier alpha value is -2.78. The first kappa shape index (κ1) is 25.5. The van der Waals surface area contributed by atoms with E-state index in [1.165, 1.54) is 61.8 Å². The van der Waals surface area contributed by atoms with Crippen molar-refractivity contribution in [3.63, 3.8) is 0 Å². The van der Waals surface area contributed by atoms with Crippen LogP contribution < -0.4 is 0 Å². The molecule has 0 aromatic heterocycles. The van der Waals surface area contributed by atoms with Crippen molar-refractivity contribution in [2.24, 2.45) is 0 Å². The Balaban J connectivity index is 1.91. The minimum Gasteiger partial charge on any atom is -0.445 e. The predicted octanol–water partition coefficient (Wildman–Crippen LogP) is 3.02. The molecule has 0 aliphatic carbocycles. The zero-order chi connectivity index (χ0) is 23.7. The summed E-state index contributed by atoms with van der Waals surface area (Å²) in [6.07, 6.45) is 2.11. The summed E-state index contributed by atoms with van der Waals surface area (Å²) in [6.45, 7) is 1.85. The monoisotopic (exact) mass is 480 g/mol. The molecule has 0 N–H and O–H groups in total. The highest BCUT2D eigenvalue weighted by Gasteiger charge is 2.37. The summed E-state index contributed by atoms with van der Waals surface area (Å²) in [4.78, 5) is 48.7. The largest absolute Gasteiger partial charge is 0.445 e. The number of nitro benzene ring substituents is 1. The molecule has 2 unspecified atom stereocenters. The fraction of sp³-hybridized carbons (Fsp3) is 0.500. The molecule has 1 aromatic rings. The van der Waals surface area contributed by atoms with Crippen LogP contribution in [0.25, 0.3) is 0 Å². The van der Waals surface area contributed by atoms with E-state index in [0.29, 0.717) is 30.0 Å². The van der Waals surface area contributed by atoms with Gasteiger partial charge in [0.25, 0.3) is 5.69 Å². The van der Waals surface area contributed by atoms with Crippen LogP contribution in [0.5, 0.6) is 0 Å². The summed E-state index contributed by atoms with van der Waals surface area (Å²) in [6, 6.07) is 5.62. The first-order valence-electron chi connectivity index (χ1n) is 9.79. The van der Waals surface area contributed by atoms with Crippen molar-refractivity contribution in [1.82, 2.24) is 9.80 Å². The number of non-ortho nitro benzene ring substituents is 1. The van der Waals surface area contributed by atoms with Gasteiger partial charge in [-0.15, -0.1) is 0 Å². The molecule has 12 heteroatoms. The summed E-state index contributed by atoms with van der Waals surface area (Å²) in [5.41, 5.74) is 0.587. The predicted molar refractivity (Wildman–Crippen MR) is 121 cm³/mol. The van der Waals surface area contributed by atoms with E-state index in [1.54, 1.807) is 11.1 Å². The van der Waals surface area contributed by atoms with Gasteiger partial charge in [0.15, 0.2) is 11.3 Å². The molecule has 1 fully saturated rings. The molecule has 2 atom stereocenters. The maximum absolute atomic E-state index is 12.7. The molecule has 0 bridgehead atoms. The topological polar surface area (TPSA) is 134 Å². The summed E-state index contributed by atoms with van der Waals surface area (Å²) in [7, 11) is 1.41. The zero-order valence-electron chi connectivity index (χ0n) is 17.8. The Morgan fingerprint density at radius 1 is 1.34 bits per heavy atom. The number of likely N-dealkylation sites (tertiary alicyclic amines) is 1. The molecule has 2 rings (SSSR count). The molecule has 32 heavy (non-hydrogen) atoms. The third-order valence-electron chi connectivity index (χ3n) is 4.75. The maximum atomic E-state index is 12.7. The highest BCUT2D eigenvalue weighted by molar-refractivity contribution is 8.14. The number of ether oxygens (including phenoxy) is 1. The van der Waals surface area contributed by atoms with Crippen LogP contribution in [-0.4, -0.2) is 68.2 Å². The minimum absolute atomic E-state index is 0.0207. The molecule has 0 radical (unpaired) electrons. The molecule has 1 heterocycles. The van der Waals surface area contributed by atoms with Crippen molar-refractivity contribution in [3.8, 4) is 6.19 Å². The quantitative estimate of drug-likeness (QED) is 0.172. The average Bonchev–Trinajstić information content (AvgIpc) is 3.16. The van der Waals surface area contributed by atoms with Gasteiger partial charge in [-0.05, 0) is 24.1 Å². The van der Waals surface area contributed by atoms with Crippen molar-refractivity contribution in [3.05, 3.63) is 39.9 Å². The molecule has 1 saturated heterocycles. The molecule has 0 spiro atoms. The van der Waals surface area contributed by atoms with Crippen LogP contribution in [0, 0.1) is 21.6 Å². The van der Waals surface area contributed by atoms with Crippen LogP contribution in [-0.2, 0) is 20.9 Å². The fourth-order valence-electron chi connectivity index (χ4n) is 3.12. The van der Waals surface area contributed by atoms with E-state index in [4.69, 9.17) is 10.00 Å². The molecule has 1 aliphatic rings. The highest BCUT2D eigenvalue weighted by Crippen LogP contribution is 2.31. The lowest BCUT2D eigenvalue weighted by atomic mass is 10.2. The summed E-state index contributed by atoms with van der Waals surface area (Å²) < 4.78 is 5.40. The Labute approximate surface area is 194 Å². The molecule has 10 nitrogen and oxygen atoms in total. The standard InChI is InChI=1S/C20H24N4O6S2/c1-14(25)32-18-9-17(12-31-8-7-19(26)22(2)13-21)23(10-18)20(27)30-11-15-3-5-16(6-4-15)24(28)29/h3-6,17-18H,7-12H2,1-2H3. The van der Waals surface area contributed by atoms with Gasteiger partial charge >= 0.3 is 6.09 Å². The van der Waals surface area contributed by atoms with Crippen LogP contribution in [0.15, 0.2) is 24.3 Å². The number of rotatable bonds is 9. The van der Waals surface area contributed by atoms with E-state index < -0.39 is 11.0 Å². The molecular formula is C20H24N4O6S2. The van der Waals surface area contributed by atoms with Crippen molar-refractivity contribution in [2.75, 3.05) is 25.1 Å². The van der Waals surface area contributed by atoms with Crippen LogP contribution in [0.1, 0.15) is 25.3 Å². The second kappa shape index (κ2) is 12.3. The van der Waals surface area contributed by atoms with Gasteiger partial charge in [-0.1, -0.05) is 11.8 Å². The number of nitrogens with zero attached hydrogens (tertiary/aromatic N) is 4. The summed E-state index contributed by atoms with van der Waals surface area (Å²) >= 11 is 2.70. The molecule has 1 aromatic carbocycles. The van der Waals surface area contributed by atoms with E-state index in [2.05, 4.69) is 0 Å². The van der Waals surface area contributed by atoms with Gasteiger partial charge in [0.2, 0.25) is 5.91 Å². The molecular weight excluding hydrogens is 456 g/mol. The third-order valence-corrected chi connectivity index (χ3v) is 6.87. The number of carbonyl (C=O) groups excluding carboxylic acids is 3. The zero-order valence-corrected chi connectivity index (χ0v) is 19.4. The van der Waals surface area contributed by atoms with Crippen LogP contribution in [0.4, 0.5) is 10.5 Å². The van der Waals surface area contributed by atoms with E-state index in [0.717, 1.165) is 4.90 Å². The number of hydrogen-bond acceptors (Lipinski definition) is 9. The normalized spacial score (nSPS) is 17.5. The number of amides is 2. The van der Waals surface area contributed by atoms with Gasteiger partial charge < -0.3 is 9.64 Å². The summed E-state index contributed by atoms with van der Waals surface area (Å²) in [5, 5.41) is 19.4. The van der Waals surface area contributed by atoms with Gasteiger partial charge in [-0.3, -0.25) is 24.6 Å². The number of thioether (sulfide) groups is 2. The number of nitriles is 1. The SMILES string of the molecule is CC(=O)SC1CC(CSCCC(=O)N(C)C#N)N(C(=O)OCc2ccc([N+](=O)[O-])cc2)C1. The van der Waals surface area contributed by atoms with Crippen LogP contribution in [0.2, 0.25) is 0 Å². The van der Waals surface area contributed by atoms with E-state index in [9.17, 15) is 24.5 Å². The Kier molecular flexibility index (Phi) is 9.80. The first-order chi connectivity index (χ1) is 15.2. The number of nitro groups is 1. The van der Waals surface area contributed by atoms with E-state index in [1.807, 2.05) is 0 Å². The molecule has 2 amide bonds. The lowest BCUT2D eigenvalue weighted by Gasteiger charge is -2.23. The van der Waals surface area contributed by atoms with Gasteiger partial charge in [0.1, 0.15) is 6.61 Å². The maximum Gasteiger partial charge on any atom is 0.410 e. The Morgan fingerprint density at radius 2 is 2.03 bits per heavy atom. The van der Waals surface area contributed by atoms with Gasteiger partial charge in [0, 0.05) is 61.9 Å². The van der Waals surface area contributed by atoms with Gasteiger partial charge in [0.05, 0.1) is 4.92 Å². The van der Waals surface area contributed by atoms with E-state index >= 15 is 0 Å². The Bertz CT molecular complexity index is 889.